The Bertz CT molecular complexity index is 389. The number of hydrogen-bond donors (Lipinski definition) is 1. The lowest BCUT2D eigenvalue weighted by molar-refractivity contribution is -0.135. The van der Waals surface area contributed by atoms with Crippen LogP contribution in [0.5, 0.6) is 5.75 Å². The molecule has 2 fully saturated rings. The lowest BCUT2D eigenvalue weighted by Gasteiger charge is -2.47. The molecule has 0 aromatic heterocycles. The van der Waals surface area contributed by atoms with E-state index in [9.17, 15) is 0 Å². The lowest BCUT2D eigenvalue weighted by atomic mass is 9.74. The summed E-state index contributed by atoms with van der Waals surface area (Å²) in [4.78, 5) is 0. The molecule has 19 heavy (non-hydrogen) atoms. The van der Waals surface area contributed by atoms with Gasteiger partial charge in [0.05, 0.1) is 5.60 Å². The van der Waals surface area contributed by atoms with Gasteiger partial charge in [0, 0.05) is 19.2 Å². The standard InChI is InChI=1S/C16H23NO2/c1-2-5-15(6-3-1)18-12-10-17-14-7-11-19-16(13-14)8-4-9-16/h1-3,5-6,14,17H,4,7-13H2. The zero-order valence-electron chi connectivity index (χ0n) is 11.4. The molecule has 1 N–H and O–H groups in total. The highest BCUT2D eigenvalue weighted by Crippen LogP contribution is 2.42. The third kappa shape index (κ3) is 3.28. The molecule has 1 heterocycles. The third-order valence-corrected chi connectivity index (χ3v) is 4.30. The Morgan fingerprint density at radius 3 is 2.84 bits per heavy atom. The minimum atomic E-state index is 0.232. The summed E-state index contributed by atoms with van der Waals surface area (Å²) < 4.78 is 11.6. The fraction of sp³-hybridized carbons (Fsp3) is 0.625. The van der Waals surface area contributed by atoms with E-state index in [1.54, 1.807) is 0 Å². The zero-order chi connectivity index (χ0) is 13.0. The van der Waals surface area contributed by atoms with Crippen LogP contribution in [0, 0.1) is 0 Å². The Morgan fingerprint density at radius 1 is 1.26 bits per heavy atom. The molecule has 1 saturated carbocycles. The molecule has 3 rings (SSSR count). The summed E-state index contributed by atoms with van der Waals surface area (Å²) >= 11 is 0. The molecule has 0 bridgehead atoms. The Balaban J connectivity index is 1.36. The van der Waals surface area contributed by atoms with Gasteiger partial charge in [-0.1, -0.05) is 18.2 Å². The topological polar surface area (TPSA) is 30.5 Å². The molecule has 104 valence electrons. The van der Waals surface area contributed by atoms with Crippen molar-refractivity contribution >= 4 is 0 Å². The minimum absolute atomic E-state index is 0.232. The minimum Gasteiger partial charge on any atom is -0.492 e. The number of nitrogens with one attached hydrogen (secondary N) is 1. The molecule has 1 aliphatic heterocycles. The van der Waals surface area contributed by atoms with Gasteiger partial charge in [-0.15, -0.1) is 0 Å². The van der Waals surface area contributed by atoms with Crippen LogP contribution in [0.4, 0.5) is 0 Å². The van der Waals surface area contributed by atoms with Crippen LogP contribution < -0.4 is 10.1 Å². The highest BCUT2D eigenvalue weighted by Gasteiger charge is 2.42. The quantitative estimate of drug-likeness (QED) is 0.827. The van der Waals surface area contributed by atoms with Crippen molar-refractivity contribution in [2.75, 3.05) is 19.8 Å². The first kappa shape index (κ1) is 12.9. The fourth-order valence-electron chi connectivity index (χ4n) is 3.07. The van der Waals surface area contributed by atoms with Gasteiger partial charge in [0.2, 0.25) is 0 Å². The van der Waals surface area contributed by atoms with E-state index < -0.39 is 0 Å². The van der Waals surface area contributed by atoms with Crippen molar-refractivity contribution < 1.29 is 9.47 Å². The highest BCUT2D eigenvalue weighted by molar-refractivity contribution is 5.20. The molecule has 2 aliphatic rings. The molecule has 0 radical (unpaired) electrons. The van der Waals surface area contributed by atoms with E-state index in [2.05, 4.69) is 5.32 Å². The third-order valence-electron chi connectivity index (χ3n) is 4.30. The van der Waals surface area contributed by atoms with Gasteiger partial charge in [0.25, 0.3) is 0 Å². The van der Waals surface area contributed by atoms with Crippen LogP contribution in [-0.2, 0) is 4.74 Å². The summed E-state index contributed by atoms with van der Waals surface area (Å²) in [5, 5.41) is 3.61. The molecule has 3 nitrogen and oxygen atoms in total. The highest BCUT2D eigenvalue weighted by atomic mass is 16.5. The van der Waals surface area contributed by atoms with Gasteiger partial charge in [-0.3, -0.25) is 0 Å². The largest absolute Gasteiger partial charge is 0.492 e. The van der Waals surface area contributed by atoms with Crippen LogP contribution >= 0.6 is 0 Å². The second-order valence-electron chi connectivity index (χ2n) is 5.69. The number of rotatable bonds is 5. The van der Waals surface area contributed by atoms with Gasteiger partial charge in [0.1, 0.15) is 12.4 Å². The summed E-state index contributed by atoms with van der Waals surface area (Å²) in [6, 6.07) is 10.6. The van der Waals surface area contributed by atoms with Gasteiger partial charge in [-0.05, 0) is 44.2 Å². The summed E-state index contributed by atoms with van der Waals surface area (Å²) in [6.45, 7) is 2.56. The van der Waals surface area contributed by atoms with Crippen molar-refractivity contribution in [2.45, 2.75) is 43.7 Å². The van der Waals surface area contributed by atoms with Crippen LogP contribution in [-0.4, -0.2) is 31.4 Å². The van der Waals surface area contributed by atoms with Crippen LogP contribution in [0.2, 0.25) is 0 Å². The maximum absolute atomic E-state index is 5.94. The maximum Gasteiger partial charge on any atom is 0.119 e. The summed E-state index contributed by atoms with van der Waals surface area (Å²) in [5.74, 6) is 0.951. The molecule has 1 unspecified atom stereocenters. The first-order valence-electron chi connectivity index (χ1n) is 7.42. The van der Waals surface area contributed by atoms with E-state index in [1.165, 1.54) is 25.7 Å². The number of ether oxygens (including phenoxy) is 2. The van der Waals surface area contributed by atoms with E-state index in [0.29, 0.717) is 6.04 Å². The molecular weight excluding hydrogens is 238 g/mol. The molecule has 0 amide bonds. The predicted octanol–water partition coefficient (Wildman–Crippen LogP) is 2.76. The summed E-state index contributed by atoms with van der Waals surface area (Å²) in [5.41, 5.74) is 0.232. The first-order chi connectivity index (χ1) is 9.36. The molecule has 1 aliphatic carbocycles. The smallest absolute Gasteiger partial charge is 0.119 e. The normalized spacial score (nSPS) is 24.9. The van der Waals surface area contributed by atoms with Crippen molar-refractivity contribution in [1.29, 1.82) is 0 Å². The Hall–Kier alpha value is -1.06. The van der Waals surface area contributed by atoms with E-state index in [-0.39, 0.29) is 5.60 Å². The first-order valence-corrected chi connectivity index (χ1v) is 7.42. The van der Waals surface area contributed by atoms with Gasteiger partial charge >= 0.3 is 0 Å². The Kier molecular flexibility index (Phi) is 4.04. The summed E-state index contributed by atoms with van der Waals surface area (Å²) in [6.07, 6.45) is 6.16. The zero-order valence-corrected chi connectivity index (χ0v) is 11.4. The van der Waals surface area contributed by atoms with E-state index in [1.807, 2.05) is 30.3 Å². The average Bonchev–Trinajstić information content (AvgIpc) is 2.43. The van der Waals surface area contributed by atoms with E-state index in [4.69, 9.17) is 9.47 Å². The number of para-hydroxylation sites is 1. The van der Waals surface area contributed by atoms with Crippen molar-refractivity contribution in [3.05, 3.63) is 30.3 Å². The molecule has 1 aromatic rings. The SMILES string of the molecule is c1ccc(OCCNC2CCOC3(CCC3)C2)cc1. The Morgan fingerprint density at radius 2 is 2.11 bits per heavy atom. The van der Waals surface area contributed by atoms with E-state index >= 15 is 0 Å². The van der Waals surface area contributed by atoms with Crippen LogP contribution in [0.25, 0.3) is 0 Å². The van der Waals surface area contributed by atoms with Gasteiger partial charge < -0.3 is 14.8 Å². The fourth-order valence-corrected chi connectivity index (χ4v) is 3.07. The maximum atomic E-state index is 5.94. The van der Waals surface area contributed by atoms with E-state index in [0.717, 1.165) is 31.9 Å². The molecule has 1 saturated heterocycles. The van der Waals surface area contributed by atoms with Crippen LogP contribution in [0.3, 0.4) is 0 Å². The molecule has 3 heteroatoms. The lowest BCUT2D eigenvalue weighted by Crippen LogP contribution is -2.51. The monoisotopic (exact) mass is 261 g/mol. The van der Waals surface area contributed by atoms with Crippen LogP contribution in [0.15, 0.2) is 30.3 Å². The van der Waals surface area contributed by atoms with Crippen molar-refractivity contribution in [1.82, 2.24) is 5.32 Å². The molecule has 1 atom stereocenters. The Labute approximate surface area is 115 Å². The van der Waals surface area contributed by atoms with Crippen molar-refractivity contribution in [3.63, 3.8) is 0 Å². The predicted molar refractivity (Wildman–Crippen MR) is 75.5 cm³/mol. The second kappa shape index (κ2) is 5.93. The average molecular weight is 261 g/mol. The molecular formula is C16H23NO2. The molecule has 1 aromatic carbocycles. The van der Waals surface area contributed by atoms with Gasteiger partial charge in [-0.2, -0.15) is 0 Å². The van der Waals surface area contributed by atoms with Crippen LogP contribution in [0.1, 0.15) is 32.1 Å². The number of benzene rings is 1. The second-order valence-corrected chi connectivity index (χ2v) is 5.69. The molecule has 1 spiro atoms. The number of hydrogen-bond acceptors (Lipinski definition) is 3. The van der Waals surface area contributed by atoms with Crippen molar-refractivity contribution in [2.24, 2.45) is 0 Å². The summed E-state index contributed by atoms with van der Waals surface area (Å²) in [7, 11) is 0. The van der Waals surface area contributed by atoms with Gasteiger partial charge in [0.15, 0.2) is 0 Å². The van der Waals surface area contributed by atoms with Gasteiger partial charge in [-0.25, -0.2) is 0 Å². The van der Waals surface area contributed by atoms with Crippen molar-refractivity contribution in [3.8, 4) is 5.75 Å².